The number of ether oxygens (including phenoxy) is 1. The van der Waals surface area contributed by atoms with Gasteiger partial charge in [0.2, 0.25) is 0 Å². The first-order valence-electron chi connectivity index (χ1n) is 6.01. The molecule has 1 amide bonds. The molecule has 0 spiro atoms. The molecular weight excluding hydrogens is 270 g/mol. The molecule has 0 saturated heterocycles. The summed E-state index contributed by atoms with van der Waals surface area (Å²) >= 11 is 0. The van der Waals surface area contributed by atoms with Crippen molar-refractivity contribution in [2.75, 3.05) is 25.9 Å². The zero-order chi connectivity index (χ0) is 15.3. The van der Waals surface area contributed by atoms with E-state index in [1.165, 1.54) is 7.11 Å². The number of benzene rings is 1. The highest BCUT2D eigenvalue weighted by Gasteiger charge is 2.23. The molecule has 0 fully saturated rings. The van der Waals surface area contributed by atoms with Gasteiger partial charge in [-0.15, -0.1) is 0 Å². The summed E-state index contributed by atoms with van der Waals surface area (Å²) in [5, 5.41) is 0. The van der Waals surface area contributed by atoms with Gasteiger partial charge in [0, 0.05) is 6.54 Å². The maximum atomic E-state index is 13.8. The molecule has 20 heavy (non-hydrogen) atoms. The molecule has 2 N–H and O–H groups in total. The van der Waals surface area contributed by atoms with Crippen molar-refractivity contribution in [2.45, 2.75) is 13.3 Å². The lowest BCUT2D eigenvalue weighted by Crippen LogP contribution is -2.37. The fourth-order valence-electron chi connectivity index (χ4n) is 1.68. The first-order chi connectivity index (χ1) is 9.40. The number of nitrogen functional groups attached to an aromatic ring is 1. The number of halogens is 2. The molecule has 0 unspecified atom stereocenters. The summed E-state index contributed by atoms with van der Waals surface area (Å²) in [6.45, 7) is 1.66. The molecule has 5 nitrogen and oxygen atoms in total. The Hall–Kier alpha value is -2.18. The van der Waals surface area contributed by atoms with E-state index in [2.05, 4.69) is 4.74 Å². The highest BCUT2D eigenvalue weighted by atomic mass is 19.1. The number of hydrogen-bond acceptors (Lipinski definition) is 4. The predicted octanol–water partition coefficient (Wildman–Crippen LogP) is 1.57. The zero-order valence-corrected chi connectivity index (χ0v) is 11.3. The van der Waals surface area contributed by atoms with Crippen LogP contribution in [-0.2, 0) is 9.53 Å². The lowest BCUT2D eigenvalue weighted by atomic mass is 10.1. The highest BCUT2D eigenvalue weighted by molar-refractivity contribution is 5.97. The molecule has 7 heteroatoms. The van der Waals surface area contributed by atoms with Gasteiger partial charge in [0.1, 0.15) is 12.4 Å². The molecule has 1 aromatic rings. The molecule has 1 aromatic carbocycles. The van der Waals surface area contributed by atoms with E-state index in [0.29, 0.717) is 6.42 Å². The molecule has 0 radical (unpaired) electrons. The average molecular weight is 286 g/mol. The number of hydrogen-bond donors (Lipinski definition) is 1. The van der Waals surface area contributed by atoms with Crippen LogP contribution in [-0.4, -0.2) is 37.0 Å². The minimum Gasteiger partial charge on any atom is -0.468 e. The largest absolute Gasteiger partial charge is 0.468 e. The molecule has 0 atom stereocenters. The summed E-state index contributed by atoms with van der Waals surface area (Å²) in [6, 6.07) is 1.55. The van der Waals surface area contributed by atoms with Gasteiger partial charge in [-0.25, -0.2) is 8.78 Å². The van der Waals surface area contributed by atoms with Gasteiger partial charge in [-0.3, -0.25) is 9.59 Å². The summed E-state index contributed by atoms with van der Waals surface area (Å²) in [7, 11) is 1.18. The van der Waals surface area contributed by atoms with Crippen molar-refractivity contribution in [3.8, 4) is 0 Å². The van der Waals surface area contributed by atoms with Crippen LogP contribution in [0, 0.1) is 11.6 Å². The third kappa shape index (κ3) is 3.66. The van der Waals surface area contributed by atoms with Crippen molar-refractivity contribution in [1.82, 2.24) is 4.90 Å². The van der Waals surface area contributed by atoms with Crippen molar-refractivity contribution in [1.29, 1.82) is 0 Å². The second-order valence-electron chi connectivity index (χ2n) is 4.16. The summed E-state index contributed by atoms with van der Waals surface area (Å²) in [5.74, 6) is -3.26. The molecule has 0 aliphatic rings. The summed E-state index contributed by atoms with van der Waals surface area (Å²) in [5.41, 5.74) is 4.33. The van der Waals surface area contributed by atoms with Gasteiger partial charge in [0.05, 0.1) is 18.4 Å². The Morgan fingerprint density at radius 1 is 1.35 bits per heavy atom. The molecule has 0 heterocycles. The van der Waals surface area contributed by atoms with Gasteiger partial charge in [-0.1, -0.05) is 6.92 Å². The second kappa shape index (κ2) is 6.83. The number of carbonyl (C=O) groups is 2. The number of nitrogens with zero attached hydrogens (tertiary/aromatic N) is 1. The minimum absolute atomic E-state index is 0.212. The van der Waals surface area contributed by atoms with Crippen LogP contribution in [0.25, 0.3) is 0 Å². The number of carbonyl (C=O) groups excluding carboxylic acids is 2. The van der Waals surface area contributed by atoms with Crippen molar-refractivity contribution in [2.24, 2.45) is 0 Å². The highest BCUT2D eigenvalue weighted by Crippen LogP contribution is 2.19. The predicted molar refractivity (Wildman–Crippen MR) is 69.0 cm³/mol. The normalized spacial score (nSPS) is 10.2. The Kier molecular flexibility index (Phi) is 5.42. The van der Waals surface area contributed by atoms with Gasteiger partial charge in [-0.2, -0.15) is 0 Å². The summed E-state index contributed by atoms with van der Waals surface area (Å²) in [6.07, 6.45) is 0.551. The van der Waals surface area contributed by atoms with Crippen molar-refractivity contribution in [3.05, 3.63) is 29.3 Å². The third-order valence-electron chi connectivity index (χ3n) is 2.62. The smallest absolute Gasteiger partial charge is 0.325 e. The quantitative estimate of drug-likeness (QED) is 0.658. The number of anilines is 1. The Balaban J connectivity index is 3.09. The van der Waals surface area contributed by atoms with Crippen LogP contribution in [0.15, 0.2) is 12.1 Å². The zero-order valence-electron chi connectivity index (χ0n) is 11.3. The van der Waals surface area contributed by atoms with E-state index in [4.69, 9.17) is 5.73 Å². The molecule has 0 aliphatic heterocycles. The summed E-state index contributed by atoms with van der Waals surface area (Å²) in [4.78, 5) is 24.5. The number of amides is 1. The van der Waals surface area contributed by atoms with Crippen molar-refractivity contribution < 1.29 is 23.1 Å². The maximum absolute atomic E-state index is 13.8. The van der Waals surface area contributed by atoms with Gasteiger partial charge >= 0.3 is 5.97 Å². The van der Waals surface area contributed by atoms with E-state index in [9.17, 15) is 18.4 Å². The van der Waals surface area contributed by atoms with Gasteiger partial charge in [-0.05, 0) is 18.6 Å². The number of methoxy groups -OCH3 is 1. The van der Waals surface area contributed by atoms with Crippen LogP contribution < -0.4 is 5.73 Å². The van der Waals surface area contributed by atoms with E-state index in [0.717, 1.165) is 17.0 Å². The molecule has 0 bridgehead atoms. The van der Waals surface area contributed by atoms with E-state index >= 15 is 0 Å². The van der Waals surface area contributed by atoms with Gasteiger partial charge in [0.25, 0.3) is 5.91 Å². The molecule has 0 saturated carbocycles. The second-order valence-corrected chi connectivity index (χ2v) is 4.16. The topological polar surface area (TPSA) is 72.6 Å². The lowest BCUT2D eigenvalue weighted by molar-refractivity contribution is -0.141. The number of nitrogens with two attached hydrogens (primary N) is 1. The Morgan fingerprint density at radius 3 is 2.55 bits per heavy atom. The third-order valence-corrected chi connectivity index (χ3v) is 2.62. The Bertz CT molecular complexity index is 521. The minimum atomic E-state index is -0.998. The van der Waals surface area contributed by atoms with Crippen LogP contribution in [0.2, 0.25) is 0 Å². The molecule has 0 aliphatic carbocycles. The van der Waals surface area contributed by atoms with Crippen molar-refractivity contribution >= 4 is 17.6 Å². The van der Waals surface area contributed by atoms with Crippen LogP contribution in [0.4, 0.5) is 14.5 Å². The number of rotatable bonds is 5. The van der Waals surface area contributed by atoms with E-state index in [1.54, 1.807) is 6.92 Å². The van der Waals surface area contributed by atoms with Crippen molar-refractivity contribution in [3.63, 3.8) is 0 Å². The van der Waals surface area contributed by atoms with Crippen LogP contribution in [0.5, 0.6) is 0 Å². The monoisotopic (exact) mass is 286 g/mol. The first kappa shape index (κ1) is 15.9. The fourth-order valence-corrected chi connectivity index (χ4v) is 1.68. The number of esters is 1. The molecule has 1 rings (SSSR count). The van der Waals surface area contributed by atoms with E-state index in [-0.39, 0.29) is 13.1 Å². The van der Waals surface area contributed by atoms with E-state index in [1.807, 2.05) is 0 Å². The fraction of sp³-hybridized carbons (Fsp3) is 0.385. The van der Waals surface area contributed by atoms with Crippen LogP contribution >= 0.6 is 0 Å². The standard InChI is InChI=1S/C13H16F2N2O3/c1-3-4-17(7-11(18)20-2)13(19)9-5-8(14)6-10(16)12(9)15/h5-6H,3-4,7,16H2,1-2H3. The Labute approximate surface area is 115 Å². The maximum Gasteiger partial charge on any atom is 0.325 e. The lowest BCUT2D eigenvalue weighted by Gasteiger charge is -2.21. The average Bonchev–Trinajstić information content (AvgIpc) is 2.41. The molecular formula is C13H16F2N2O3. The van der Waals surface area contributed by atoms with Gasteiger partial charge in [0.15, 0.2) is 5.82 Å². The molecule has 110 valence electrons. The van der Waals surface area contributed by atoms with E-state index < -0.39 is 34.8 Å². The summed E-state index contributed by atoms with van der Waals surface area (Å²) < 4.78 is 31.5. The first-order valence-corrected chi connectivity index (χ1v) is 6.01. The van der Waals surface area contributed by atoms with Crippen LogP contribution in [0.3, 0.4) is 0 Å². The van der Waals surface area contributed by atoms with Gasteiger partial charge < -0.3 is 15.4 Å². The Morgan fingerprint density at radius 2 is 2.00 bits per heavy atom. The molecule has 0 aromatic heterocycles. The van der Waals surface area contributed by atoms with Crippen LogP contribution in [0.1, 0.15) is 23.7 Å². The SMILES string of the molecule is CCCN(CC(=O)OC)C(=O)c1cc(F)cc(N)c1F.